The molecule has 0 radical (unpaired) electrons. The predicted octanol–water partition coefficient (Wildman–Crippen LogP) is 1.10. The van der Waals surface area contributed by atoms with E-state index in [-0.39, 0.29) is 0 Å². The van der Waals surface area contributed by atoms with E-state index in [9.17, 15) is 0 Å². The molecule has 5 heteroatoms. The zero-order chi connectivity index (χ0) is 9.68. The van der Waals surface area contributed by atoms with Gasteiger partial charge in [-0.25, -0.2) is 0 Å². The lowest BCUT2D eigenvalue weighted by Gasteiger charge is -2.01. The van der Waals surface area contributed by atoms with Crippen LogP contribution >= 0.6 is 12.2 Å². The van der Waals surface area contributed by atoms with E-state index in [0.717, 1.165) is 11.3 Å². The van der Waals surface area contributed by atoms with Gasteiger partial charge in [0, 0.05) is 12.6 Å². The SMILES string of the molecule is CNC(=S)N/N=C(/C)c1ccoc1. The number of rotatable bonds is 2. The molecule has 13 heavy (non-hydrogen) atoms. The van der Waals surface area contributed by atoms with Crippen LogP contribution in [0.3, 0.4) is 0 Å². The summed E-state index contributed by atoms with van der Waals surface area (Å²) < 4.78 is 4.91. The topological polar surface area (TPSA) is 49.6 Å². The van der Waals surface area contributed by atoms with E-state index in [1.165, 1.54) is 0 Å². The van der Waals surface area contributed by atoms with Crippen molar-refractivity contribution < 1.29 is 4.42 Å². The van der Waals surface area contributed by atoms with Gasteiger partial charge in [-0.15, -0.1) is 0 Å². The van der Waals surface area contributed by atoms with Gasteiger partial charge in [-0.3, -0.25) is 5.43 Å². The average molecular weight is 197 g/mol. The molecule has 1 aromatic rings. The van der Waals surface area contributed by atoms with Crippen molar-refractivity contribution in [3.8, 4) is 0 Å². The highest BCUT2D eigenvalue weighted by atomic mass is 32.1. The molecule has 1 heterocycles. The number of nitrogens with zero attached hydrogens (tertiary/aromatic N) is 1. The molecule has 1 aromatic heterocycles. The van der Waals surface area contributed by atoms with Crippen molar-refractivity contribution in [1.29, 1.82) is 0 Å². The van der Waals surface area contributed by atoms with E-state index in [1.54, 1.807) is 19.6 Å². The standard InChI is InChI=1S/C8H11N3OS/c1-6(7-3-4-12-5-7)10-11-8(13)9-2/h3-5H,1-2H3,(H2,9,11,13)/b10-6-. The van der Waals surface area contributed by atoms with Gasteiger partial charge in [-0.1, -0.05) is 0 Å². The highest BCUT2D eigenvalue weighted by molar-refractivity contribution is 7.80. The highest BCUT2D eigenvalue weighted by Gasteiger charge is 1.97. The highest BCUT2D eigenvalue weighted by Crippen LogP contribution is 2.00. The van der Waals surface area contributed by atoms with Crippen LogP contribution in [0.15, 0.2) is 28.1 Å². The van der Waals surface area contributed by atoms with Crippen molar-refractivity contribution in [2.75, 3.05) is 7.05 Å². The molecule has 70 valence electrons. The van der Waals surface area contributed by atoms with Crippen molar-refractivity contribution in [3.63, 3.8) is 0 Å². The minimum Gasteiger partial charge on any atom is -0.472 e. The minimum atomic E-state index is 0.489. The summed E-state index contributed by atoms with van der Waals surface area (Å²) in [6.07, 6.45) is 3.23. The molecule has 0 spiro atoms. The molecule has 1 rings (SSSR count). The van der Waals surface area contributed by atoms with Crippen LogP contribution in [-0.2, 0) is 0 Å². The largest absolute Gasteiger partial charge is 0.472 e. The number of furan rings is 1. The van der Waals surface area contributed by atoms with Crippen LogP contribution in [0, 0.1) is 0 Å². The van der Waals surface area contributed by atoms with E-state index in [1.807, 2.05) is 13.0 Å². The Balaban J connectivity index is 2.57. The molecular weight excluding hydrogens is 186 g/mol. The first kappa shape index (κ1) is 9.73. The summed E-state index contributed by atoms with van der Waals surface area (Å²) in [5, 5.41) is 7.28. The van der Waals surface area contributed by atoms with Crippen molar-refractivity contribution in [1.82, 2.24) is 10.7 Å². The molecule has 0 fully saturated rings. The van der Waals surface area contributed by atoms with Crippen LogP contribution < -0.4 is 10.7 Å². The lowest BCUT2D eigenvalue weighted by molar-refractivity contribution is 0.567. The van der Waals surface area contributed by atoms with Gasteiger partial charge >= 0.3 is 0 Å². The molecule has 0 amide bonds. The molecule has 0 aliphatic heterocycles. The molecule has 0 saturated carbocycles. The van der Waals surface area contributed by atoms with Crippen molar-refractivity contribution >= 4 is 23.0 Å². The summed E-state index contributed by atoms with van der Waals surface area (Å²) in [6.45, 7) is 1.87. The van der Waals surface area contributed by atoms with Crippen LogP contribution in [-0.4, -0.2) is 17.9 Å². The number of hydrogen-bond acceptors (Lipinski definition) is 3. The van der Waals surface area contributed by atoms with E-state index in [0.29, 0.717) is 5.11 Å². The molecule has 0 aliphatic rings. The Morgan fingerprint density at radius 1 is 1.62 bits per heavy atom. The van der Waals surface area contributed by atoms with Gasteiger partial charge in [0.1, 0.15) is 0 Å². The van der Waals surface area contributed by atoms with Gasteiger partial charge < -0.3 is 9.73 Å². The molecule has 4 nitrogen and oxygen atoms in total. The number of hydrogen-bond donors (Lipinski definition) is 2. The number of nitrogens with one attached hydrogen (secondary N) is 2. The first-order valence-electron chi connectivity index (χ1n) is 3.78. The van der Waals surface area contributed by atoms with Crippen LogP contribution in [0.2, 0.25) is 0 Å². The smallest absolute Gasteiger partial charge is 0.186 e. The van der Waals surface area contributed by atoms with Crippen molar-refractivity contribution in [2.45, 2.75) is 6.92 Å². The van der Waals surface area contributed by atoms with Crippen LogP contribution in [0.1, 0.15) is 12.5 Å². The van der Waals surface area contributed by atoms with Crippen molar-refractivity contribution in [2.24, 2.45) is 5.10 Å². The lowest BCUT2D eigenvalue weighted by atomic mass is 10.2. The third kappa shape index (κ3) is 2.87. The molecule has 0 aromatic carbocycles. The normalized spacial score (nSPS) is 11.1. The van der Waals surface area contributed by atoms with Gasteiger partial charge in [0.2, 0.25) is 0 Å². The Labute approximate surface area is 82.0 Å². The Morgan fingerprint density at radius 3 is 2.92 bits per heavy atom. The summed E-state index contributed by atoms with van der Waals surface area (Å²) in [7, 11) is 1.73. The van der Waals surface area contributed by atoms with Gasteiger partial charge in [0.25, 0.3) is 0 Å². The first-order valence-corrected chi connectivity index (χ1v) is 4.19. The monoisotopic (exact) mass is 197 g/mol. The maximum Gasteiger partial charge on any atom is 0.186 e. The van der Waals surface area contributed by atoms with E-state index in [2.05, 4.69) is 15.8 Å². The maximum atomic E-state index is 4.91. The number of hydrazone groups is 1. The minimum absolute atomic E-state index is 0.489. The summed E-state index contributed by atoms with van der Waals surface area (Å²) in [5.41, 5.74) is 4.45. The van der Waals surface area contributed by atoms with Crippen LogP contribution in [0.4, 0.5) is 0 Å². The third-order valence-electron chi connectivity index (χ3n) is 1.49. The Bertz CT molecular complexity index is 305. The van der Waals surface area contributed by atoms with Gasteiger partial charge in [-0.2, -0.15) is 5.10 Å². The van der Waals surface area contributed by atoms with Gasteiger partial charge in [-0.05, 0) is 25.2 Å². The Morgan fingerprint density at radius 2 is 2.38 bits per heavy atom. The fourth-order valence-corrected chi connectivity index (χ4v) is 0.771. The Kier molecular flexibility index (Phi) is 3.45. The van der Waals surface area contributed by atoms with E-state index in [4.69, 9.17) is 16.6 Å². The fraction of sp³-hybridized carbons (Fsp3) is 0.250. The second kappa shape index (κ2) is 4.61. The zero-order valence-electron chi connectivity index (χ0n) is 7.50. The van der Waals surface area contributed by atoms with Gasteiger partial charge in [0.05, 0.1) is 18.2 Å². The third-order valence-corrected chi connectivity index (χ3v) is 1.79. The van der Waals surface area contributed by atoms with Crippen LogP contribution in [0.5, 0.6) is 0 Å². The molecule has 0 unspecified atom stereocenters. The zero-order valence-corrected chi connectivity index (χ0v) is 8.31. The number of thiocarbonyl (C=S) groups is 1. The molecule has 0 bridgehead atoms. The van der Waals surface area contributed by atoms with E-state index >= 15 is 0 Å². The lowest BCUT2D eigenvalue weighted by Crippen LogP contribution is -2.29. The Hall–Kier alpha value is -1.36. The second-order valence-electron chi connectivity index (χ2n) is 2.40. The summed E-state index contributed by atoms with van der Waals surface area (Å²) >= 11 is 4.85. The summed E-state index contributed by atoms with van der Waals surface area (Å²) in [6, 6.07) is 1.84. The summed E-state index contributed by atoms with van der Waals surface area (Å²) in [4.78, 5) is 0. The second-order valence-corrected chi connectivity index (χ2v) is 2.81. The molecule has 0 atom stereocenters. The maximum absolute atomic E-state index is 4.91. The summed E-state index contributed by atoms with van der Waals surface area (Å²) in [5.74, 6) is 0. The first-order chi connectivity index (χ1) is 6.24. The predicted molar refractivity (Wildman–Crippen MR) is 55.7 cm³/mol. The quantitative estimate of drug-likeness (QED) is 0.423. The molecular formula is C8H11N3OS. The molecule has 2 N–H and O–H groups in total. The van der Waals surface area contributed by atoms with Crippen LogP contribution in [0.25, 0.3) is 0 Å². The van der Waals surface area contributed by atoms with E-state index < -0.39 is 0 Å². The van der Waals surface area contributed by atoms with Crippen molar-refractivity contribution in [3.05, 3.63) is 24.2 Å². The molecule has 0 saturated heterocycles. The average Bonchev–Trinajstić information content (AvgIpc) is 2.66. The van der Waals surface area contributed by atoms with Gasteiger partial charge in [0.15, 0.2) is 5.11 Å². The fourth-order valence-electron chi connectivity index (χ4n) is 0.725. The molecule has 0 aliphatic carbocycles.